The second kappa shape index (κ2) is 11.4. The molecule has 10 nitrogen and oxygen atoms in total. The normalized spacial score (nSPS) is 17.8. The zero-order valence-electron chi connectivity index (χ0n) is 20.3. The van der Waals surface area contributed by atoms with Gasteiger partial charge in [-0.3, -0.25) is 9.69 Å². The minimum absolute atomic E-state index is 0.0215. The molecule has 0 aliphatic carbocycles. The standard InChI is InChI=1S/C21H22ClF2N5O3.C2HF3O2/c1-11(28-9-13(10-28)32-18-7-17(24)16(23)6-15(18)22)19-26-20-14(21(30)27-19)8-25-29(20)12-2-4-31-5-3-12;3-2(4,5)1(6)7/h6-8,11-13H,2-5,9-10H2,1H3,(H,26,27,30);(H,6,7). The topological polar surface area (TPSA) is 123 Å². The number of hydrogen-bond acceptors (Lipinski definition) is 7. The fraction of sp³-hybridized carbons (Fsp3) is 0.478. The van der Waals surface area contributed by atoms with Crippen LogP contribution in [0.4, 0.5) is 22.0 Å². The lowest BCUT2D eigenvalue weighted by Gasteiger charge is -2.42. The second-order valence-electron chi connectivity index (χ2n) is 8.99. The predicted octanol–water partition coefficient (Wildman–Crippen LogP) is 3.86. The fourth-order valence-corrected chi connectivity index (χ4v) is 4.35. The molecule has 2 fully saturated rings. The molecule has 39 heavy (non-hydrogen) atoms. The highest BCUT2D eigenvalue weighted by atomic mass is 35.5. The molecule has 2 aliphatic rings. The van der Waals surface area contributed by atoms with Gasteiger partial charge in [0, 0.05) is 32.4 Å². The summed E-state index contributed by atoms with van der Waals surface area (Å²) in [4.78, 5) is 31.2. The third kappa shape index (κ3) is 6.47. The van der Waals surface area contributed by atoms with Gasteiger partial charge >= 0.3 is 12.1 Å². The van der Waals surface area contributed by atoms with E-state index in [4.69, 9.17) is 36.0 Å². The summed E-state index contributed by atoms with van der Waals surface area (Å²) in [7, 11) is 0. The third-order valence-corrected chi connectivity index (χ3v) is 6.64. The lowest BCUT2D eigenvalue weighted by Crippen LogP contribution is -2.54. The van der Waals surface area contributed by atoms with E-state index in [1.165, 1.54) is 0 Å². The number of carbonyl (C=O) groups is 1. The van der Waals surface area contributed by atoms with Crippen molar-refractivity contribution in [1.29, 1.82) is 0 Å². The SMILES string of the molecule is CC(c1nc2c(cnn2C2CCOCC2)c(=O)[nH]1)N1CC(Oc2cc(F)c(F)cc2Cl)C1.O=C(O)C(F)(F)F. The Morgan fingerprint density at radius 1 is 1.23 bits per heavy atom. The monoisotopic (exact) mass is 579 g/mol. The van der Waals surface area contributed by atoms with Crippen LogP contribution in [0.25, 0.3) is 11.0 Å². The van der Waals surface area contributed by atoms with Gasteiger partial charge in [-0.2, -0.15) is 18.3 Å². The van der Waals surface area contributed by atoms with Crippen molar-refractivity contribution in [3.05, 3.63) is 51.2 Å². The number of likely N-dealkylation sites (tertiary alicyclic amines) is 1. The molecule has 2 aliphatic heterocycles. The Kier molecular flexibility index (Phi) is 8.42. The summed E-state index contributed by atoms with van der Waals surface area (Å²) in [6, 6.07) is 1.83. The summed E-state index contributed by atoms with van der Waals surface area (Å²) in [6.45, 7) is 4.32. The second-order valence-corrected chi connectivity index (χ2v) is 9.40. The average Bonchev–Trinajstić information content (AvgIpc) is 3.29. The molecule has 2 aromatic heterocycles. The summed E-state index contributed by atoms with van der Waals surface area (Å²) in [5, 5.41) is 12.0. The van der Waals surface area contributed by atoms with E-state index >= 15 is 0 Å². The maximum atomic E-state index is 13.5. The highest BCUT2D eigenvalue weighted by molar-refractivity contribution is 6.32. The van der Waals surface area contributed by atoms with Crippen LogP contribution in [0.2, 0.25) is 5.02 Å². The predicted molar refractivity (Wildman–Crippen MR) is 127 cm³/mol. The number of halogens is 6. The molecule has 1 atom stereocenters. The third-order valence-electron chi connectivity index (χ3n) is 6.35. The highest BCUT2D eigenvalue weighted by Gasteiger charge is 2.38. The van der Waals surface area contributed by atoms with Crippen LogP contribution in [0.5, 0.6) is 5.75 Å². The van der Waals surface area contributed by atoms with E-state index in [-0.39, 0.29) is 34.5 Å². The van der Waals surface area contributed by atoms with Gasteiger partial charge in [0.05, 0.1) is 23.3 Å². The zero-order chi connectivity index (χ0) is 28.5. The first-order valence-corrected chi connectivity index (χ1v) is 12.1. The Labute approximate surface area is 222 Å². The van der Waals surface area contributed by atoms with Crippen LogP contribution in [0, 0.1) is 11.6 Å². The highest BCUT2D eigenvalue weighted by Crippen LogP contribution is 2.32. The molecule has 1 unspecified atom stereocenters. The first kappa shape index (κ1) is 28.7. The fourth-order valence-electron chi connectivity index (χ4n) is 4.16. The van der Waals surface area contributed by atoms with Crippen molar-refractivity contribution in [3.63, 3.8) is 0 Å². The lowest BCUT2D eigenvalue weighted by atomic mass is 10.1. The van der Waals surface area contributed by atoms with Crippen LogP contribution in [-0.2, 0) is 9.53 Å². The number of fused-ring (bicyclic) bond motifs is 1. The van der Waals surface area contributed by atoms with Crippen molar-refractivity contribution < 1.29 is 41.3 Å². The molecule has 212 valence electrons. The molecule has 1 aromatic carbocycles. The van der Waals surface area contributed by atoms with Crippen molar-refractivity contribution in [2.24, 2.45) is 0 Å². The minimum atomic E-state index is -5.08. The Morgan fingerprint density at radius 2 is 1.85 bits per heavy atom. The Morgan fingerprint density at radius 3 is 2.46 bits per heavy atom. The molecule has 0 radical (unpaired) electrons. The smallest absolute Gasteiger partial charge is 0.486 e. The maximum absolute atomic E-state index is 13.5. The number of H-pyrrole nitrogens is 1. The summed E-state index contributed by atoms with van der Waals surface area (Å²) < 4.78 is 71.4. The summed E-state index contributed by atoms with van der Waals surface area (Å²) in [5.74, 6) is -4.13. The number of nitrogens with zero attached hydrogens (tertiary/aromatic N) is 4. The zero-order valence-corrected chi connectivity index (χ0v) is 21.1. The Bertz CT molecular complexity index is 1400. The van der Waals surface area contributed by atoms with Crippen LogP contribution in [0.3, 0.4) is 0 Å². The van der Waals surface area contributed by atoms with Crippen molar-refractivity contribution >= 4 is 28.6 Å². The van der Waals surface area contributed by atoms with E-state index in [9.17, 15) is 26.7 Å². The first-order valence-electron chi connectivity index (χ1n) is 11.8. The molecule has 5 rings (SSSR count). The molecule has 2 saturated heterocycles. The van der Waals surface area contributed by atoms with Gasteiger partial charge in [0.25, 0.3) is 5.56 Å². The van der Waals surface area contributed by atoms with E-state index in [0.717, 1.165) is 25.0 Å². The van der Waals surface area contributed by atoms with Gasteiger partial charge < -0.3 is 19.6 Å². The van der Waals surface area contributed by atoms with Crippen molar-refractivity contribution in [2.75, 3.05) is 26.3 Å². The van der Waals surface area contributed by atoms with Gasteiger partial charge in [0.1, 0.15) is 23.1 Å². The number of ether oxygens (including phenoxy) is 2. The first-order chi connectivity index (χ1) is 18.3. The van der Waals surface area contributed by atoms with Crippen LogP contribution < -0.4 is 10.3 Å². The number of aromatic nitrogens is 4. The molecule has 0 amide bonds. The van der Waals surface area contributed by atoms with E-state index < -0.39 is 23.8 Å². The summed E-state index contributed by atoms with van der Waals surface area (Å²) >= 11 is 5.95. The number of carboxylic acid groups (broad SMARTS) is 1. The molecular formula is C23H23ClF5N5O5. The van der Waals surface area contributed by atoms with Crippen LogP contribution in [0.15, 0.2) is 23.1 Å². The van der Waals surface area contributed by atoms with Crippen molar-refractivity contribution in [3.8, 4) is 5.75 Å². The molecule has 4 heterocycles. The molecule has 16 heteroatoms. The Hall–Kier alpha value is -3.30. The number of aromatic amines is 1. The maximum Gasteiger partial charge on any atom is 0.490 e. The lowest BCUT2D eigenvalue weighted by molar-refractivity contribution is -0.192. The van der Waals surface area contributed by atoms with Gasteiger partial charge in [-0.1, -0.05) is 11.6 Å². The number of hydrogen-bond donors (Lipinski definition) is 2. The summed E-state index contributed by atoms with van der Waals surface area (Å²) in [6.07, 6.45) is -2.10. The van der Waals surface area contributed by atoms with Crippen molar-refractivity contribution in [2.45, 2.75) is 44.1 Å². The molecule has 0 bridgehead atoms. The molecule has 0 spiro atoms. The molecular weight excluding hydrogens is 557 g/mol. The molecule has 3 aromatic rings. The van der Waals surface area contributed by atoms with Gasteiger partial charge in [0.2, 0.25) is 0 Å². The number of alkyl halides is 3. The van der Waals surface area contributed by atoms with E-state index in [0.29, 0.717) is 43.2 Å². The van der Waals surface area contributed by atoms with Crippen LogP contribution in [0.1, 0.15) is 37.7 Å². The van der Waals surface area contributed by atoms with E-state index in [1.807, 2.05) is 11.6 Å². The number of rotatable bonds is 5. The summed E-state index contributed by atoms with van der Waals surface area (Å²) in [5.41, 5.74) is 0.349. The number of benzene rings is 1. The van der Waals surface area contributed by atoms with E-state index in [2.05, 4.69) is 15.0 Å². The molecule has 0 saturated carbocycles. The quantitative estimate of drug-likeness (QED) is 0.345. The number of carboxylic acids is 1. The van der Waals surface area contributed by atoms with Crippen LogP contribution in [-0.4, -0.2) is 74.3 Å². The average molecular weight is 580 g/mol. The van der Waals surface area contributed by atoms with Gasteiger partial charge in [0.15, 0.2) is 17.3 Å². The van der Waals surface area contributed by atoms with Gasteiger partial charge in [-0.05, 0) is 25.8 Å². The number of nitrogens with one attached hydrogen (secondary N) is 1. The minimum Gasteiger partial charge on any atom is -0.486 e. The Balaban J connectivity index is 0.000000448. The van der Waals surface area contributed by atoms with Gasteiger partial charge in [-0.25, -0.2) is 23.2 Å². The molecule has 2 N–H and O–H groups in total. The largest absolute Gasteiger partial charge is 0.490 e. The van der Waals surface area contributed by atoms with E-state index in [1.54, 1.807) is 6.20 Å². The van der Waals surface area contributed by atoms with Gasteiger partial charge in [-0.15, -0.1) is 0 Å². The van der Waals surface area contributed by atoms with Crippen molar-refractivity contribution in [1.82, 2.24) is 24.6 Å². The number of aliphatic carboxylic acids is 1. The van der Waals surface area contributed by atoms with Crippen LogP contribution >= 0.6 is 11.6 Å².